The number of rotatable bonds is 11. The van der Waals surface area contributed by atoms with Crippen molar-refractivity contribution in [2.45, 2.75) is 52.0 Å². The first-order valence-electron chi connectivity index (χ1n) is 10.4. The molecule has 2 amide bonds. The molecule has 0 aliphatic carbocycles. The average Bonchev–Trinajstić information content (AvgIpc) is 2.73. The molecule has 0 bridgehead atoms. The lowest BCUT2D eigenvalue weighted by atomic mass is 10.1. The van der Waals surface area contributed by atoms with Crippen LogP contribution in [0.25, 0.3) is 0 Å². The van der Waals surface area contributed by atoms with Crippen molar-refractivity contribution in [3.63, 3.8) is 0 Å². The van der Waals surface area contributed by atoms with Crippen molar-refractivity contribution in [1.82, 2.24) is 10.2 Å². The quantitative estimate of drug-likeness (QED) is 0.562. The van der Waals surface area contributed by atoms with Gasteiger partial charge in [-0.15, -0.1) is 11.8 Å². The third-order valence-corrected chi connectivity index (χ3v) is 5.78. The number of halogens is 1. The molecule has 2 rings (SSSR count). The van der Waals surface area contributed by atoms with Gasteiger partial charge in [0.15, 0.2) is 0 Å². The molecule has 6 heteroatoms. The Labute approximate surface area is 183 Å². The molecule has 1 N–H and O–H groups in total. The van der Waals surface area contributed by atoms with E-state index in [0.29, 0.717) is 30.8 Å². The molecule has 0 saturated carbocycles. The molecule has 30 heavy (non-hydrogen) atoms. The van der Waals surface area contributed by atoms with E-state index in [9.17, 15) is 14.0 Å². The average molecular weight is 431 g/mol. The lowest BCUT2D eigenvalue weighted by Gasteiger charge is -2.30. The lowest BCUT2D eigenvalue weighted by Crippen LogP contribution is -2.49. The van der Waals surface area contributed by atoms with Gasteiger partial charge >= 0.3 is 0 Å². The van der Waals surface area contributed by atoms with E-state index in [-0.39, 0.29) is 23.4 Å². The number of carbonyl (C=O) groups is 2. The predicted molar refractivity (Wildman–Crippen MR) is 122 cm³/mol. The molecule has 0 aliphatic heterocycles. The molecule has 162 valence electrons. The van der Waals surface area contributed by atoms with Gasteiger partial charge < -0.3 is 10.2 Å². The van der Waals surface area contributed by atoms with E-state index in [1.165, 1.54) is 17.8 Å². The Morgan fingerprint density at radius 3 is 2.57 bits per heavy atom. The van der Waals surface area contributed by atoms with E-state index in [4.69, 9.17) is 0 Å². The molecule has 0 spiro atoms. The van der Waals surface area contributed by atoms with Crippen molar-refractivity contribution in [2.75, 3.05) is 12.3 Å². The van der Waals surface area contributed by atoms with Crippen LogP contribution in [0.1, 0.15) is 43.4 Å². The van der Waals surface area contributed by atoms with E-state index < -0.39 is 6.04 Å². The molecular formula is C24H31FN2O2S. The van der Waals surface area contributed by atoms with Gasteiger partial charge in [0.2, 0.25) is 11.8 Å². The Balaban J connectivity index is 2.12. The minimum atomic E-state index is -0.529. The molecule has 1 atom stereocenters. The molecular weight excluding hydrogens is 399 g/mol. The van der Waals surface area contributed by atoms with Gasteiger partial charge in [0.25, 0.3) is 0 Å². The highest BCUT2D eigenvalue weighted by Crippen LogP contribution is 2.19. The number of amides is 2. The minimum Gasteiger partial charge on any atom is -0.354 e. The molecule has 2 aromatic carbocycles. The van der Waals surface area contributed by atoms with Gasteiger partial charge in [-0.05, 0) is 37.0 Å². The van der Waals surface area contributed by atoms with Crippen LogP contribution in [-0.2, 0) is 21.9 Å². The molecule has 0 heterocycles. The molecule has 4 nitrogen and oxygen atoms in total. The third kappa shape index (κ3) is 7.17. The second kappa shape index (κ2) is 12.4. The standard InChI is InChI=1S/C24H31FN2O2S/c1-4-13-26-24(29)22(5-2)27(15-19-10-8-9-18(3)14-19)23(28)17-30-16-20-11-6-7-12-21(20)25/h6-12,14,22H,4-5,13,15-17H2,1-3H3,(H,26,29)/t22-/m1/s1. The number of nitrogens with one attached hydrogen (secondary N) is 1. The number of hydrogen-bond donors (Lipinski definition) is 1. The van der Waals surface area contributed by atoms with E-state index in [0.717, 1.165) is 17.5 Å². The molecule has 2 aromatic rings. The Bertz CT molecular complexity index is 843. The monoisotopic (exact) mass is 430 g/mol. The van der Waals surface area contributed by atoms with Crippen LogP contribution in [0.15, 0.2) is 48.5 Å². The van der Waals surface area contributed by atoms with Crippen LogP contribution in [0.4, 0.5) is 4.39 Å². The van der Waals surface area contributed by atoms with Gasteiger partial charge in [0.1, 0.15) is 11.9 Å². The fourth-order valence-electron chi connectivity index (χ4n) is 3.24. The third-order valence-electron chi connectivity index (χ3n) is 4.81. The maximum Gasteiger partial charge on any atom is 0.242 e. The SMILES string of the molecule is CCCNC(=O)[C@@H](CC)N(Cc1cccc(C)c1)C(=O)CSCc1ccccc1F. The van der Waals surface area contributed by atoms with Gasteiger partial charge in [0, 0.05) is 18.8 Å². The number of carbonyl (C=O) groups excluding carboxylic acids is 2. The molecule has 0 radical (unpaired) electrons. The van der Waals surface area contributed by atoms with Crippen molar-refractivity contribution in [1.29, 1.82) is 0 Å². The number of hydrogen-bond acceptors (Lipinski definition) is 3. The summed E-state index contributed by atoms with van der Waals surface area (Å²) in [6, 6.07) is 14.0. The van der Waals surface area contributed by atoms with Crippen LogP contribution < -0.4 is 5.32 Å². The minimum absolute atomic E-state index is 0.114. The first kappa shape index (κ1) is 23.9. The summed E-state index contributed by atoms with van der Waals surface area (Å²) < 4.78 is 13.8. The Hall–Kier alpha value is -2.34. The van der Waals surface area contributed by atoms with Crippen LogP contribution in [0, 0.1) is 12.7 Å². The second-order valence-electron chi connectivity index (χ2n) is 7.31. The second-order valence-corrected chi connectivity index (χ2v) is 8.30. The molecule has 0 unspecified atom stereocenters. The summed E-state index contributed by atoms with van der Waals surface area (Å²) in [5.74, 6) is 0.1000. The molecule has 0 saturated heterocycles. The van der Waals surface area contributed by atoms with Crippen LogP contribution in [-0.4, -0.2) is 35.1 Å². The zero-order chi connectivity index (χ0) is 21.9. The topological polar surface area (TPSA) is 49.4 Å². The van der Waals surface area contributed by atoms with Gasteiger partial charge in [-0.1, -0.05) is 61.9 Å². The van der Waals surface area contributed by atoms with Crippen LogP contribution in [0.3, 0.4) is 0 Å². The summed E-state index contributed by atoms with van der Waals surface area (Å²) in [5, 5.41) is 2.92. The van der Waals surface area contributed by atoms with E-state index >= 15 is 0 Å². The zero-order valence-corrected chi connectivity index (χ0v) is 18.8. The number of benzene rings is 2. The number of thioether (sulfide) groups is 1. The first-order chi connectivity index (χ1) is 14.5. The molecule has 0 fully saturated rings. The van der Waals surface area contributed by atoms with E-state index in [1.54, 1.807) is 23.1 Å². The highest BCUT2D eigenvalue weighted by Gasteiger charge is 2.28. The smallest absolute Gasteiger partial charge is 0.242 e. The van der Waals surface area contributed by atoms with Crippen molar-refractivity contribution >= 4 is 23.6 Å². The number of nitrogens with zero attached hydrogens (tertiary/aromatic N) is 1. The maximum atomic E-state index is 13.8. The Morgan fingerprint density at radius 1 is 1.13 bits per heavy atom. The van der Waals surface area contributed by atoms with E-state index in [2.05, 4.69) is 5.32 Å². The largest absolute Gasteiger partial charge is 0.354 e. The van der Waals surface area contributed by atoms with Gasteiger partial charge in [-0.3, -0.25) is 9.59 Å². The normalized spacial score (nSPS) is 11.7. The summed E-state index contributed by atoms with van der Waals surface area (Å²) in [6.07, 6.45) is 1.37. The fraction of sp³-hybridized carbons (Fsp3) is 0.417. The zero-order valence-electron chi connectivity index (χ0n) is 18.0. The van der Waals surface area contributed by atoms with Crippen molar-refractivity contribution in [3.8, 4) is 0 Å². The highest BCUT2D eigenvalue weighted by molar-refractivity contribution is 7.99. The fourth-order valence-corrected chi connectivity index (χ4v) is 4.14. The van der Waals surface area contributed by atoms with Crippen LogP contribution in [0.5, 0.6) is 0 Å². The Morgan fingerprint density at radius 2 is 1.90 bits per heavy atom. The predicted octanol–water partition coefficient (Wildman–Crippen LogP) is 4.70. The van der Waals surface area contributed by atoms with E-state index in [1.807, 2.05) is 45.0 Å². The van der Waals surface area contributed by atoms with Crippen LogP contribution in [0.2, 0.25) is 0 Å². The van der Waals surface area contributed by atoms with Crippen molar-refractivity contribution < 1.29 is 14.0 Å². The van der Waals surface area contributed by atoms with Gasteiger partial charge in [-0.2, -0.15) is 0 Å². The first-order valence-corrected chi connectivity index (χ1v) is 11.6. The Kier molecular flexibility index (Phi) is 9.87. The summed E-state index contributed by atoms with van der Waals surface area (Å²) in [5.41, 5.74) is 2.68. The summed E-state index contributed by atoms with van der Waals surface area (Å²) in [6.45, 7) is 6.88. The molecule has 0 aromatic heterocycles. The van der Waals surface area contributed by atoms with Gasteiger partial charge in [0.05, 0.1) is 5.75 Å². The van der Waals surface area contributed by atoms with Crippen molar-refractivity contribution in [2.24, 2.45) is 0 Å². The van der Waals surface area contributed by atoms with Crippen molar-refractivity contribution in [3.05, 3.63) is 71.0 Å². The maximum absolute atomic E-state index is 13.8. The van der Waals surface area contributed by atoms with Crippen LogP contribution >= 0.6 is 11.8 Å². The summed E-state index contributed by atoms with van der Waals surface area (Å²) in [7, 11) is 0. The number of aryl methyl sites for hydroxylation is 1. The highest BCUT2D eigenvalue weighted by atomic mass is 32.2. The molecule has 0 aliphatic rings. The van der Waals surface area contributed by atoms with Gasteiger partial charge in [-0.25, -0.2) is 4.39 Å². The lowest BCUT2D eigenvalue weighted by molar-refractivity contribution is -0.139. The summed E-state index contributed by atoms with van der Waals surface area (Å²) >= 11 is 1.37. The summed E-state index contributed by atoms with van der Waals surface area (Å²) in [4.78, 5) is 27.5.